The number of anilines is 1. The number of aryl methyl sites for hydroxylation is 1. The zero-order chi connectivity index (χ0) is 14.7. The molecule has 2 rings (SSSR count). The number of rotatable bonds is 4. The minimum Gasteiger partial charge on any atom is -0.312 e. The van der Waals surface area contributed by atoms with Crippen LogP contribution < -0.4 is 5.32 Å². The Balaban J connectivity index is 2.21. The fourth-order valence-corrected chi connectivity index (χ4v) is 3.15. The first-order valence-corrected chi connectivity index (χ1v) is 7.31. The lowest BCUT2D eigenvalue weighted by Crippen LogP contribution is -2.10. The van der Waals surface area contributed by atoms with Gasteiger partial charge in [0.05, 0.1) is 16.1 Å². The highest BCUT2D eigenvalue weighted by atomic mass is 32.1. The highest BCUT2D eigenvalue weighted by Gasteiger charge is 2.17. The van der Waals surface area contributed by atoms with Crippen LogP contribution in [0.5, 0.6) is 0 Å². The monoisotopic (exact) mass is 307 g/mol. The van der Waals surface area contributed by atoms with Gasteiger partial charge in [-0.05, 0) is 12.5 Å². The number of nitro groups is 1. The number of carbonyl (C=O) groups excluding carboxylic acids is 1. The predicted octanol–water partition coefficient (Wildman–Crippen LogP) is 3.40. The van der Waals surface area contributed by atoms with E-state index in [4.69, 9.17) is 5.26 Å². The van der Waals surface area contributed by atoms with Crippen molar-refractivity contribution >= 4 is 38.6 Å². The van der Waals surface area contributed by atoms with E-state index >= 15 is 0 Å². The molecule has 0 aliphatic carbocycles. The molecule has 0 fully saturated rings. The zero-order valence-corrected chi connectivity index (χ0v) is 12.0. The molecule has 0 saturated heterocycles. The Kier molecular flexibility index (Phi) is 4.12. The maximum Gasteiger partial charge on any atom is 0.324 e. The first-order valence-electron chi connectivity index (χ1n) is 5.62. The summed E-state index contributed by atoms with van der Waals surface area (Å²) in [7, 11) is 0. The van der Waals surface area contributed by atoms with Crippen molar-refractivity contribution in [2.45, 2.75) is 13.3 Å². The van der Waals surface area contributed by atoms with Crippen molar-refractivity contribution in [2.75, 3.05) is 5.32 Å². The second kappa shape index (κ2) is 5.81. The summed E-state index contributed by atoms with van der Waals surface area (Å²) in [5.41, 5.74) is 0.627. The van der Waals surface area contributed by atoms with Crippen LogP contribution in [0.4, 0.5) is 10.0 Å². The summed E-state index contributed by atoms with van der Waals surface area (Å²) in [5.74, 6) is -0.449. The van der Waals surface area contributed by atoms with Crippen LogP contribution in [0, 0.1) is 21.4 Å². The molecule has 20 heavy (non-hydrogen) atoms. The summed E-state index contributed by atoms with van der Waals surface area (Å²) in [6.07, 6.45) is 0.777. The van der Waals surface area contributed by atoms with Crippen LogP contribution >= 0.6 is 22.7 Å². The van der Waals surface area contributed by atoms with Gasteiger partial charge in [-0.3, -0.25) is 14.9 Å². The van der Waals surface area contributed by atoms with Crippen LogP contribution in [0.1, 0.15) is 27.7 Å². The smallest absolute Gasteiger partial charge is 0.312 e. The Morgan fingerprint density at radius 1 is 1.55 bits per heavy atom. The largest absolute Gasteiger partial charge is 0.324 e. The molecule has 0 spiro atoms. The Bertz CT molecular complexity index is 712. The van der Waals surface area contributed by atoms with Gasteiger partial charge in [-0.1, -0.05) is 18.3 Å². The van der Waals surface area contributed by atoms with Crippen molar-refractivity contribution in [3.63, 3.8) is 0 Å². The molecule has 8 heteroatoms. The van der Waals surface area contributed by atoms with Gasteiger partial charge < -0.3 is 5.32 Å². The van der Waals surface area contributed by atoms with Crippen molar-refractivity contribution in [1.29, 1.82) is 5.26 Å². The van der Waals surface area contributed by atoms with Gasteiger partial charge in [0, 0.05) is 16.3 Å². The van der Waals surface area contributed by atoms with Crippen molar-refractivity contribution in [3.05, 3.63) is 43.6 Å². The van der Waals surface area contributed by atoms with E-state index in [0.717, 1.165) is 22.6 Å². The second-order valence-corrected chi connectivity index (χ2v) is 5.83. The Labute approximate surface area is 122 Å². The standard InChI is InChI=1S/C12H9N3O3S2/c1-2-9-3-7(5-13)12(20-9)14-11(16)8-4-10(15(17)18)19-6-8/h3-4,6H,2H2,1H3,(H,14,16). The second-order valence-electron chi connectivity index (χ2n) is 3.81. The molecule has 0 saturated carbocycles. The lowest BCUT2D eigenvalue weighted by atomic mass is 10.2. The van der Waals surface area contributed by atoms with E-state index < -0.39 is 10.8 Å². The predicted molar refractivity (Wildman–Crippen MR) is 77.3 cm³/mol. The molecule has 0 bridgehead atoms. The minimum atomic E-state index is -0.539. The number of amides is 1. The third-order valence-electron chi connectivity index (χ3n) is 2.51. The Morgan fingerprint density at radius 3 is 2.85 bits per heavy atom. The average Bonchev–Trinajstić information content (AvgIpc) is 3.04. The van der Waals surface area contributed by atoms with Crippen LogP contribution in [0.25, 0.3) is 0 Å². The molecule has 0 aliphatic heterocycles. The highest BCUT2D eigenvalue weighted by molar-refractivity contribution is 7.16. The average molecular weight is 307 g/mol. The molecule has 2 aromatic rings. The number of nitrogens with one attached hydrogen (secondary N) is 1. The van der Waals surface area contributed by atoms with E-state index in [9.17, 15) is 14.9 Å². The summed E-state index contributed by atoms with van der Waals surface area (Å²) in [5, 5.41) is 24.0. The molecule has 1 N–H and O–H groups in total. The summed E-state index contributed by atoms with van der Waals surface area (Å²) in [6.45, 7) is 1.96. The summed E-state index contributed by atoms with van der Waals surface area (Å²) in [4.78, 5) is 23.0. The molecule has 2 heterocycles. The first kappa shape index (κ1) is 14.2. The highest BCUT2D eigenvalue weighted by Crippen LogP contribution is 2.29. The van der Waals surface area contributed by atoms with Gasteiger partial charge in [0.25, 0.3) is 5.91 Å². The van der Waals surface area contributed by atoms with Gasteiger partial charge in [-0.15, -0.1) is 11.3 Å². The SMILES string of the molecule is CCc1cc(C#N)c(NC(=O)c2csc([N+](=O)[O-])c2)s1. The summed E-state index contributed by atoms with van der Waals surface area (Å²) >= 11 is 2.23. The van der Waals surface area contributed by atoms with E-state index in [1.165, 1.54) is 22.8 Å². The molecule has 0 radical (unpaired) electrons. The Hall–Kier alpha value is -2.24. The van der Waals surface area contributed by atoms with Gasteiger partial charge in [0.1, 0.15) is 11.1 Å². The van der Waals surface area contributed by atoms with Gasteiger partial charge in [0.2, 0.25) is 0 Å². The summed E-state index contributed by atoms with van der Waals surface area (Å²) in [6, 6.07) is 4.98. The number of carbonyl (C=O) groups is 1. The van der Waals surface area contributed by atoms with Crippen LogP contribution in [-0.2, 0) is 6.42 Å². The molecular weight excluding hydrogens is 298 g/mol. The van der Waals surface area contributed by atoms with Crippen LogP contribution in [-0.4, -0.2) is 10.8 Å². The lowest BCUT2D eigenvalue weighted by molar-refractivity contribution is -0.380. The molecule has 2 aromatic heterocycles. The first-order chi connectivity index (χ1) is 9.55. The van der Waals surface area contributed by atoms with E-state index in [-0.39, 0.29) is 10.6 Å². The van der Waals surface area contributed by atoms with Gasteiger partial charge in [-0.2, -0.15) is 5.26 Å². The quantitative estimate of drug-likeness (QED) is 0.691. The van der Waals surface area contributed by atoms with Gasteiger partial charge >= 0.3 is 5.00 Å². The topological polar surface area (TPSA) is 96.0 Å². The molecule has 0 aromatic carbocycles. The zero-order valence-electron chi connectivity index (χ0n) is 10.4. The molecule has 102 valence electrons. The molecule has 0 aliphatic rings. The number of hydrogen-bond donors (Lipinski definition) is 1. The number of nitriles is 1. The lowest BCUT2D eigenvalue weighted by Gasteiger charge is -2.00. The third kappa shape index (κ3) is 2.84. The number of nitrogens with zero attached hydrogens (tertiary/aromatic N) is 2. The number of thiophene rings is 2. The normalized spacial score (nSPS) is 10.0. The van der Waals surface area contributed by atoms with Crippen LogP contribution in [0.2, 0.25) is 0 Å². The van der Waals surface area contributed by atoms with E-state index in [1.54, 1.807) is 6.07 Å². The van der Waals surface area contributed by atoms with Crippen molar-refractivity contribution in [3.8, 4) is 6.07 Å². The molecule has 1 amide bonds. The van der Waals surface area contributed by atoms with Gasteiger partial charge in [0.15, 0.2) is 0 Å². The van der Waals surface area contributed by atoms with E-state index in [2.05, 4.69) is 5.32 Å². The van der Waals surface area contributed by atoms with E-state index in [1.807, 2.05) is 13.0 Å². The van der Waals surface area contributed by atoms with Crippen LogP contribution in [0.3, 0.4) is 0 Å². The fraction of sp³-hybridized carbons (Fsp3) is 0.167. The summed E-state index contributed by atoms with van der Waals surface area (Å²) < 4.78 is 0. The van der Waals surface area contributed by atoms with Crippen molar-refractivity contribution in [2.24, 2.45) is 0 Å². The van der Waals surface area contributed by atoms with Crippen LogP contribution in [0.15, 0.2) is 17.5 Å². The minimum absolute atomic E-state index is 0.0870. The third-order valence-corrected chi connectivity index (χ3v) is 4.58. The van der Waals surface area contributed by atoms with E-state index in [0.29, 0.717) is 10.6 Å². The molecule has 0 atom stereocenters. The van der Waals surface area contributed by atoms with Gasteiger partial charge in [-0.25, -0.2) is 0 Å². The fourth-order valence-electron chi connectivity index (χ4n) is 1.51. The molecule has 6 nitrogen and oxygen atoms in total. The van der Waals surface area contributed by atoms with Crippen molar-refractivity contribution in [1.82, 2.24) is 0 Å². The maximum absolute atomic E-state index is 12.0. The number of hydrogen-bond acceptors (Lipinski definition) is 6. The van der Waals surface area contributed by atoms with Crippen molar-refractivity contribution < 1.29 is 9.72 Å². The molecule has 0 unspecified atom stereocenters. The maximum atomic E-state index is 12.0. The molecular formula is C12H9N3O3S2. The Morgan fingerprint density at radius 2 is 2.30 bits per heavy atom.